The van der Waals surface area contributed by atoms with E-state index in [0.717, 1.165) is 5.56 Å². The zero-order chi connectivity index (χ0) is 13.0. The summed E-state index contributed by atoms with van der Waals surface area (Å²) in [5.41, 5.74) is 1.13. The van der Waals surface area contributed by atoms with Gasteiger partial charge in [0.1, 0.15) is 5.82 Å². The van der Waals surface area contributed by atoms with Gasteiger partial charge in [0, 0.05) is 12.1 Å². The van der Waals surface area contributed by atoms with E-state index in [1.165, 1.54) is 37.8 Å². The maximum absolute atomic E-state index is 13.0. The molecule has 1 aliphatic rings. The molecule has 2 nitrogen and oxygen atoms in total. The van der Waals surface area contributed by atoms with Crippen LogP contribution in [0.4, 0.5) is 4.39 Å². The number of aliphatic hydroxyl groups excluding tert-OH is 1. The van der Waals surface area contributed by atoms with E-state index in [9.17, 15) is 9.50 Å². The van der Waals surface area contributed by atoms with E-state index >= 15 is 0 Å². The fourth-order valence-corrected chi connectivity index (χ4v) is 2.82. The zero-order valence-electron chi connectivity index (χ0n) is 10.9. The molecule has 0 aliphatic heterocycles. The van der Waals surface area contributed by atoms with Gasteiger partial charge in [-0.2, -0.15) is 0 Å². The molecule has 1 fully saturated rings. The van der Waals surface area contributed by atoms with E-state index in [1.54, 1.807) is 0 Å². The Morgan fingerprint density at radius 1 is 1.28 bits per heavy atom. The SMILES string of the molecule is C[C@H](CO)NC(c1ccc(F)cc1)C1CCCC1. The fourth-order valence-electron chi connectivity index (χ4n) is 2.82. The maximum Gasteiger partial charge on any atom is 0.123 e. The van der Waals surface area contributed by atoms with Crippen molar-refractivity contribution in [2.45, 2.75) is 44.7 Å². The highest BCUT2D eigenvalue weighted by atomic mass is 19.1. The number of rotatable bonds is 5. The van der Waals surface area contributed by atoms with E-state index < -0.39 is 0 Å². The highest BCUT2D eigenvalue weighted by Gasteiger charge is 2.27. The van der Waals surface area contributed by atoms with Gasteiger partial charge < -0.3 is 10.4 Å². The summed E-state index contributed by atoms with van der Waals surface area (Å²) in [6.45, 7) is 2.11. The summed E-state index contributed by atoms with van der Waals surface area (Å²) in [6, 6.07) is 7.05. The number of halogens is 1. The molecule has 18 heavy (non-hydrogen) atoms. The molecule has 2 rings (SSSR count). The number of aliphatic hydroxyl groups is 1. The van der Waals surface area contributed by atoms with Crippen molar-refractivity contribution in [3.8, 4) is 0 Å². The normalized spacial score (nSPS) is 19.9. The number of hydrogen-bond acceptors (Lipinski definition) is 2. The summed E-state index contributed by atoms with van der Waals surface area (Å²) in [5, 5.41) is 12.7. The molecule has 2 N–H and O–H groups in total. The first-order valence-electron chi connectivity index (χ1n) is 6.83. The van der Waals surface area contributed by atoms with E-state index in [-0.39, 0.29) is 24.5 Å². The van der Waals surface area contributed by atoms with Gasteiger partial charge in [0.15, 0.2) is 0 Å². The molecule has 3 heteroatoms. The van der Waals surface area contributed by atoms with Crippen LogP contribution in [0, 0.1) is 11.7 Å². The molecular weight excluding hydrogens is 229 g/mol. The van der Waals surface area contributed by atoms with E-state index in [0.29, 0.717) is 5.92 Å². The quantitative estimate of drug-likeness (QED) is 0.843. The van der Waals surface area contributed by atoms with Gasteiger partial charge in [-0.05, 0) is 43.4 Å². The van der Waals surface area contributed by atoms with Gasteiger partial charge >= 0.3 is 0 Å². The lowest BCUT2D eigenvalue weighted by Gasteiger charge is -2.28. The van der Waals surface area contributed by atoms with Crippen LogP contribution in [-0.4, -0.2) is 17.8 Å². The Kier molecular flexibility index (Phi) is 4.72. The van der Waals surface area contributed by atoms with Crippen molar-refractivity contribution < 1.29 is 9.50 Å². The zero-order valence-corrected chi connectivity index (χ0v) is 10.9. The summed E-state index contributed by atoms with van der Waals surface area (Å²) in [7, 11) is 0. The predicted octanol–water partition coefficient (Wildman–Crippen LogP) is 3.03. The fraction of sp³-hybridized carbons (Fsp3) is 0.600. The van der Waals surface area contributed by atoms with Crippen LogP contribution in [0.2, 0.25) is 0 Å². The van der Waals surface area contributed by atoms with Crippen LogP contribution in [0.5, 0.6) is 0 Å². The average molecular weight is 251 g/mol. The molecule has 1 aromatic rings. The molecule has 2 atom stereocenters. The molecule has 0 heterocycles. The van der Waals surface area contributed by atoms with Crippen LogP contribution < -0.4 is 5.32 Å². The van der Waals surface area contributed by atoms with Crippen molar-refractivity contribution in [1.29, 1.82) is 0 Å². The lowest BCUT2D eigenvalue weighted by molar-refractivity contribution is 0.224. The van der Waals surface area contributed by atoms with Gasteiger partial charge in [-0.1, -0.05) is 25.0 Å². The predicted molar refractivity (Wildman–Crippen MR) is 70.8 cm³/mol. The molecule has 1 saturated carbocycles. The van der Waals surface area contributed by atoms with Crippen LogP contribution in [0.3, 0.4) is 0 Å². The van der Waals surface area contributed by atoms with Gasteiger partial charge in [0.25, 0.3) is 0 Å². The molecule has 0 spiro atoms. The summed E-state index contributed by atoms with van der Waals surface area (Å²) < 4.78 is 13.0. The monoisotopic (exact) mass is 251 g/mol. The van der Waals surface area contributed by atoms with Crippen molar-refractivity contribution in [1.82, 2.24) is 5.32 Å². The molecule has 0 amide bonds. The highest BCUT2D eigenvalue weighted by molar-refractivity contribution is 5.21. The minimum atomic E-state index is -0.195. The highest BCUT2D eigenvalue weighted by Crippen LogP contribution is 2.36. The Morgan fingerprint density at radius 2 is 1.89 bits per heavy atom. The molecule has 0 aromatic heterocycles. The molecule has 0 bridgehead atoms. The Balaban J connectivity index is 2.14. The topological polar surface area (TPSA) is 32.3 Å². The van der Waals surface area contributed by atoms with Crippen molar-refractivity contribution in [3.05, 3.63) is 35.6 Å². The molecular formula is C15H22FNO. The van der Waals surface area contributed by atoms with Gasteiger partial charge in [0.05, 0.1) is 6.61 Å². The molecule has 1 unspecified atom stereocenters. The van der Waals surface area contributed by atoms with Crippen molar-refractivity contribution in [3.63, 3.8) is 0 Å². The second-order valence-electron chi connectivity index (χ2n) is 5.32. The van der Waals surface area contributed by atoms with Crippen molar-refractivity contribution in [2.24, 2.45) is 5.92 Å². The third kappa shape index (κ3) is 3.30. The van der Waals surface area contributed by atoms with Crippen LogP contribution >= 0.6 is 0 Å². The third-order valence-electron chi connectivity index (χ3n) is 3.84. The Labute approximate surface area is 108 Å². The lowest BCUT2D eigenvalue weighted by Crippen LogP contribution is -2.36. The lowest BCUT2D eigenvalue weighted by atomic mass is 9.91. The minimum Gasteiger partial charge on any atom is -0.395 e. The summed E-state index contributed by atoms with van der Waals surface area (Å²) in [6.07, 6.45) is 4.98. The van der Waals surface area contributed by atoms with Crippen LogP contribution in [0.25, 0.3) is 0 Å². The standard InChI is InChI=1S/C15H22FNO/c1-11(10-18)17-15(12-4-2-3-5-12)13-6-8-14(16)9-7-13/h6-9,11-12,15,17-18H,2-5,10H2,1H3/t11-,15?/m1/s1. The summed E-state index contributed by atoms with van der Waals surface area (Å²) in [5.74, 6) is 0.406. The molecule has 1 aromatic carbocycles. The molecule has 1 aliphatic carbocycles. The van der Waals surface area contributed by atoms with Gasteiger partial charge in [-0.3, -0.25) is 0 Å². The third-order valence-corrected chi connectivity index (χ3v) is 3.84. The number of hydrogen-bond donors (Lipinski definition) is 2. The molecule has 0 saturated heterocycles. The smallest absolute Gasteiger partial charge is 0.123 e. The Morgan fingerprint density at radius 3 is 2.44 bits per heavy atom. The molecule has 100 valence electrons. The van der Waals surface area contributed by atoms with Gasteiger partial charge in [-0.25, -0.2) is 4.39 Å². The number of benzene rings is 1. The van der Waals surface area contributed by atoms with E-state index in [4.69, 9.17) is 0 Å². The van der Waals surface area contributed by atoms with E-state index in [2.05, 4.69) is 5.32 Å². The van der Waals surface area contributed by atoms with Gasteiger partial charge in [0.2, 0.25) is 0 Å². The minimum absolute atomic E-state index is 0.0700. The van der Waals surface area contributed by atoms with E-state index in [1.807, 2.05) is 19.1 Å². The van der Waals surface area contributed by atoms with Crippen molar-refractivity contribution in [2.75, 3.05) is 6.61 Å². The average Bonchev–Trinajstić information content (AvgIpc) is 2.90. The first-order valence-corrected chi connectivity index (χ1v) is 6.83. The van der Waals surface area contributed by atoms with Crippen molar-refractivity contribution >= 4 is 0 Å². The second kappa shape index (κ2) is 6.30. The first-order chi connectivity index (χ1) is 8.70. The summed E-state index contributed by atoms with van der Waals surface area (Å²) in [4.78, 5) is 0. The Bertz CT molecular complexity index is 359. The first kappa shape index (κ1) is 13.5. The van der Waals surface area contributed by atoms with Crippen LogP contribution in [-0.2, 0) is 0 Å². The summed E-state index contributed by atoms with van der Waals surface area (Å²) >= 11 is 0. The molecule has 0 radical (unpaired) electrons. The van der Waals surface area contributed by atoms with Crippen LogP contribution in [0.15, 0.2) is 24.3 Å². The van der Waals surface area contributed by atoms with Crippen LogP contribution in [0.1, 0.15) is 44.2 Å². The largest absolute Gasteiger partial charge is 0.395 e. The Hall–Kier alpha value is -0.930. The second-order valence-corrected chi connectivity index (χ2v) is 5.32. The maximum atomic E-state index is 13.0. The number of nitrogens with one attached hydrogen (secondary N) is 1. The van der Waals surface area contributed by atoms with Gasteiger partial charge in [-0.15, -0.1) is 0 Å².